The molecule has 2 aromatic carbocycles. The molecule has 2 saturated heterocycles. The molecule has 4 heteroatoms. The second kappa shape index (κ2) is 5.95. The van der Waals surface area contributed by atoms with E-state index in [1.807, 2.05) is 48.2 Å². The van der Waals surface area contributed by atoms with Crippen molar-refractivity contribution in [1.29, 1.82) is 0 Å². The summed E-state index contributed by atoms with van der Waals surface area (Å²) in [5.41, 5.74) is 0.770. The van der Waals surface area contributed by atoms with Gasteiger partial charge in [0.15, 0.2) is 12.6 Å². The third-order valence-corrected chi connectivity index (χ3v) is 4.86. The van der Waals surface area contributed by atoms with Gasteiger partial charge in [0.05, 0.1) is 0 Å². The number of carbonyl (C=O) groups is 1. The van der Waals surface area contributed by atoms with Crippen molar-refractivity contribution in [3.63, 3.8) is 0 Å². The number of rotatable bonds is 2. The van der Waals surface area contributed by atoms with Crippen molar-refractivity contribution in [3.05, 3.63) is 48.0 Å². The molecule has 0 saturated carbocycles. The zero-order valence-corrected chi connectivity index (χ0v) is 13.3. The number of hydrogen-bond acceptors (Lipinski definition) is 3. The average Bonchev–Trinajstić information content (AvgIpc) is 2.58. The first-order valence-corrected chi connectivity index (χ1v) is 8.30. The summed E-state index contributed by atoms with van der Waals surface area (Å²) < 4.78 is 11.2. The van der Waals surface area contributed by atoms with Crippen LogP contribution in [0, 0.1) is 5.92 Å². The van der Waals surface area contributed by atoms with E-state index < -0.39 is 0 Å². The van der Waals surface area contributed by atoms with Gasteiger partial charge in [-0.1, -0.05) is 30.3 Å². The molecule has 0 aromatic heterocycles. The summed E-state index contributed by atoms with van der Waals surface area (Å²) in [5.74, 6) is 0.532. The highest BCUT2D eigenvalue weighted by atomic mass is 16.9. The highest BCUT2D eigenvalue weighted by Crippen LogP contribution is 2.31. The Morgan fingerprint density at radius 3 is 2.43 bits per heavy atom. The zero-order chi connectivity index (χ0) is 15.8. The van der Waals surface area contributed by atoms with Gasteiger partial charge in [0.2, 0.25) is 0 Å². The lowest BCUT2D eigenvalue weighted by molar-refractivity contribution is -0.394. The lowest BCUT2D eigenvalue weighted by Gasteiger charge is -2.42. The number of piperidine rings is 1. The van der Waals surface area contributed by atoms with E-state index in [4.69, 9.17) is 9.47 Å². The van der Waals surface area contributed by atoms with E-state index in [-0.39, 0.29) is 18.5 Å². The van der Waals surface area contributed by atoms with Crippen LogP contribution < -0.4 is 0 Å². The maximum absolute atomic E-state index is 12.7. The molecule has 120 valence electrons. The number of ether oxygens (including phenoxy) is 2. The molecule has 1 amide bonds. The smallest absolute Gasteiger partial charge is 0.253 e. The highest BCUT2D eigenvalue weighted by molar-refractivity contribution is 5.98. The fraction of sp³-hybridized carbons (Fsp3) is 0.421. The van der Waals surface area contributed by atoms with Crippen LogP contribution in [0.2, 0.25) is 0 Å². The molecule has 2 aromatic rings. The fourth-order valence-electron chi connectivity index (χ4n) is 3.49. The number of hydrogen-bond donors (Lipinski definition) is 0. The van der Waals surface area contributed by atoms with Crippen LogP contribution in [0.25, 0.3) is 10.8 Å². The van der Waals surface area contributed by atoms with E-state index in [0.29, 0.717) is 5.92 Å². The Bertz CT molecular complexity index is 715. The highest BCUT2D eigenvalue weighted by Gasteiger charge is 2.37. The van der Waals surface area contributed by atoms with Crippen molar-refractivity contribution in [2.24, 2.45) is 5.92 Å². The Kier molecular flexibility index (Phi) is 3.79. The molecule has 23 heavy (non-hydrogen) atoms. The third kappa shape index (κ3) is 2.84. The molecule has 2 aliphatic heterocycles. The Balaban J connectivity index is 1.42. The third-order valence-electron chi connectivity index (χ3n) is 4.86. The molecule has 2 aliphatic rings. The maximum atomic E-state index is 12.7. The van der Waals surface area contributed by atoms with Crippen molar-refractivity contribution in [2.45, 2.75) is 32.3 Å². The Labute approximate surface area is 136 Å². The minimum atomic E-state index is -0.0720. The van der Waals surface area contributed by atoms with Gasteiger partial charge in [0, 0.05) is 24.6 Å². The summed E-state index contributed by atoms with van der Waals surface area (Å²) in [6.45, 7) is 3.46. The van der Waals surface area contributed by atoms with E-state index in [9.17, 15) is 4.79 Å². The molecule has 4 nitrogen and oxygen atoms in total. The molecular weight excluding hydrogens is 290 g/mol. The lowest BCUT2D eigenvalue weighted by atomic mass is 9.94. The number of benzene rings is 2. The Hall–Kier alpha value is -1.91. The largest absolute Gasteiger partial charge is 0.339 e. The van der Waals surface area contributed by atoms with Crippen LogP contribution in [-0.4, -0.2) is 36.5 Å². The van der Waals surface area contributed by atoms with Gasteiger partial charge in [-0.15, -0.1) is 0 Å². The molecule has 0 unspecified atom stereocenters. The van der Waals surface area contributed by atoms with Crippen molar-refractivity contribution >= 4 is 16.7 Å². The van der Waals surface area contributed by atoms with Crippen molar-refractivity contribution < 1.29 is 14.3 Å². The Morgan fingerprint density at radius 1 is 1.04 bits per heavy atom. The first-order chi connectivity index (χ1) is 11.2. The summed E-state index contributed by atoms with van der Waals surface area (Å²) in [5, 5.41) is 2.27. The Morgan fingerprint density at radius 2 is 1.74 bits per heavy atom. The molecule has 0 radical (unpaired) electrons. The van der Waals surface area contributed by atoms with Gasteiger partial charge in [-0.2, -0.15) is 0 Å². The van der Waals surface area contributed by atoms with Gasteiger partial charge in [-0.05, 0) is 42.7 Å². The SMILES string of the molecule is CC1OC(C2CCN(C(=O)c3ccc4ccccc4c3)CC2)O1. The number of likely N-dealkylation sites (tertiary alicyclic amines) is 1. The second-order valence-corrected chi connectivity index (χ2v) is 6.40. The first kappa shape index (κ1) is 14.7. The van der Waals surface area contributed by atoms with Crippen LogP contribution in [0.5, 0.6) is 0 Å². The van der Waals surface area contributed by atoms with Gasteiger partial charge in [0.25, 0.3) is 5.91 Å². The predicted molar refractivity (Wildman–Crippen MR) is 88.0 cm³/mol. The summed E-state index contributed by atoms with van der Waals surface area (Å²) in [6.07, 6.45) is 1.74. The van der Waals surface area contributed by atoms with Gasteiger partial charge in [-0.25, -0.2) is 0 Å². The quantitative estimate of drug-likeness (QED) is 0.853. The molecule has 0 N–H and O–H groups in total. The molecule has 4 rings (SSSR count). The molecule has 0 aliphatic carbocycles. The first-order valence-electron chi connectivity index (χ1n) is 8.30. The number of nitrogens with zero attached hydrogens (tertiary/aromatic N) is 1. The summed E-state index contributed by atoms with van der Waals surface area (Å²) in [7, 11) is 0. The predicted octanol–water partition coefficient (Wildman–Crippen LogP) is 3.41. The minimum absolute atomic E-state index is 0.0667. The van der Waals surface area contributed by atoms with E-state index in [1.165, 1.54) is 0 Å². The van der Waals surface area contributed by atoms with Gasteiger partial charge < -0.3 is 14.4 Å². The van der Waals surface area contributed by atoms with Crippen LogP contribution in [0.3, 0.4) is 0 Å². The fourth-order valence-corrected chi connectivity index (χ4v) is 3.49. The van der Waals surface area contributed by atoms with Crippen LogP contribution in [0.15, 0.2) is 42.5 Å². The minimum Gasteiger partial charge on any atom is -0.339 e. The van der Waals surface area contributed by atoms with Gasteiger partial charge in [-0.3, -0.25) is 4.79 Å². The standard InChI is InChI=1S/C19H21NO3/c1-13-22-19(23-13)15-8-10-20(11-9-15)18(21)17-7-6-14-4-2-3-5-16(14)12-17/h2-7,12-13,15,19H,8-11H2,1H3. The summed E-state index contributed by atoms with van der Waals surface area (Å²) in [6, 6.07) is 14.1. The van der Waals surface area contributed by atoms with E-state index in [2.05, 4.69) is 6.07 Å². The molecular formula is C19H21NO3. The monoisotopic (exact) mass is 311 g/mol. The van der Waals surface area contributed by atoms with Gasteiger partial charge >= 0.3 is 0 Å². The lowest BCUT2D eigenvalue weighted by Crippen LogP contribution is -2.48. The van der Waals surface area contributed by atoms with E-state index in [0.717, 1.165) is 42.3 Å². The van der Waals surface area contributed by atoms with Crippen molar-refractivity contribution in [2.75, 3.05) is 13.1 Å². The maximum Gasteiger partial charge on any atom is 0.253 e. The van der Waals surface area contributed by atoms with Crippen molar-refractivity contribution in [3.8, 4) is 0 Å². The number of carbonyl (C=O) groups excluding carboxylic acids is 1. The molecule has 0 spiro atoms. The van der Waals surface area contributed by atoms with Crippen LogP contribution >= 0.6 is 0 Å². The summed E-state index contributed by atoms with van der Waals surface area (Å²) in [4.78, 5) is 14.7. The average molecular weight is 311 g/mol. The van der Waals surface area contributed by atoms with Crippen LogP contribution in [-0.2, 0) is 9.47 Å². The second-order valence-electron chi connectivity index (χ2n) is 6.40. The van der Waals surface area contributed by atoms with Crippen LogP contribution in [0.4, 0.5) is 0 Å². The topological polar surface area (TPSA) is 38.8 Å². The van der Waals surface area contributed by atoms with E-state index >= 15 is 0 Å². The zero-order valence-electron chi connectivity index (χ0n) is 13.3. The molecule has 2 fully saturated rings. The van der Waals surface area contributed by atoms with E-state index in [1.54, 1.807) is 0 Å². The van der Waals surface area contributed by atoms with Gasteiger partial charge in [0.1, 0.15) is 0 Å². The molecule has 2 heterocycles. The van der Waals surface area contributed by atoms with Crippen molar-refractivity contribution in [1.82, 2.24) is 4.90 Å². The number of fused-ring (bicyclic) bond motifs is 1. The van der Waals surface area contributed by atoms with Crippen LogP contribution in [0.1, 0.15) is 30.1 Å². The molecule has 0 bridgehead atoms. The summed E-state index contributed by atoms with van der Waals surface area (Å²) >= 11 is 0. The number of amides is 1. The molecule has 0 atom stereocenters. The normalized spacial score (nSPS) is 25.3.